The second-order valence-electron chi connectivity index (χ2n) is 3.07. The first-order valence-electron chi connectivity index (χ1n) is 5.05. The van der Waals surface area contributed by atoms with Crippen LogP contribution >= 0.6 is 27.7 Å². The third-order valence-electron chi connectivity index (χ3n) is 1.86. The van der Waals surface area contributed by atoms with Crippen LogP contribution < -0.4 is 0 Å². The third kappa shape index (κ3) is 10.8. The van der Waals surface area contributed by atoms with Gasteiger partial charge in [0, 0.05) is 11.1 Å². The Kier molecular flexibility index (Phi) is 12.6. The molecule has 0 atom stereocenters. The molecule has 74 valence electrons. The van der Waals surface area contributed by atoms with Crippen molar-refractivity contribution >= 4 is 27.7 Å². The minimum atomic E-state index is 1.15. The van der Waals surface area contributed by atoms with E-state index in [0.717, 1.165) is 5.33 Å². The summed E-state index contributed by atoms with van der Waals surface area (Å²) in [4.78, 5) is 0. The normalized spacial score (nSPS) is 10.5. The van der Waals surface area contributed by atoms with Gasteiger partial charge in [0.1, 0.15) is 0 Å². The van der Waals surface area contributed by atoms with Gasteiger partial charge < -0.3 is 0 Å². The van der Waals surface area contributed by atoms with Gasteiger partial charge in [-0.15, -0.1) is 0 Å². The van der Waals surface area contributed by atoms with Gasteiger partial charge in [0.15, 0.2) is 0 Å². The first-order valence-corrected chi connectivity index (χ1v) is 7.33. The highest BCUT2D eigenvalue weighted by Crippen LogP contribution is 2.09. The summed E-state index contributed by atoms with van der Waals surface area (Å²) in [6.45, 7) is 2.27. The van der Waals surface area contributed by atoms with Gasteiger partial charge in [-0.1, -0.05) is 55.0 Å². The third-order valence-corrected chi connectivity index (χ3v) is 3.86. The highest BCUT2D eigenvalue weighted by Gasteiger charge is 1.90. The van der Waals surface area contributed by atoms with Crippen LogP contribution in [0.1, 0.15) is 45.4 Å². The Morgan fingerprint density at radius 1 is 0.917 bits per heavy atom. The quantitative estimate of drug-likeness (QED) is 0.431. The molecule has 0 spiro atoms. The van der Waals surface area contributed by atoms with Gasteiger partial charge in [-0.25, -0.2) is 0 Å². The fourth-order valence-electron chi connectivity index (χ4n) is 1.14. The van der Waals surface area contributed by atoms with Gasteiger partial charge in [-0.05, 0) is 12.2 Å². The zero-order valence-electron chi connectivity index (χ0n) is 8.15. The Morgan fingerprint density at radius 3 is 2.25 bits per heavy atom. The molecule has 0 fully saturated rings. The Balaban J connectivity index is 2.73. The van der Waals surface area contributed by atoms with E-state index < -0.39 is 0 Å². The van der Waals surface area contributed by atoms with Crippen LogP contribution in [-0.2, 0) is 0 Å². The molecule has 0 aliphatic heterocycles. The zero-order valence-corrected chi connectivity index (χ0v) is 10.6. The molecule has 0 amide bonds. The maximum atomic E-state index is 3.43. The molecule has 0 aliphatic rings. The first-order chi connectivity index (χ1) is 5.91. The number of halogens is 1. The number of hydrogen-bond acceptors (Lipinski definition) is 1. The highest BCUT2D eigenvalue weighted by molar-refractivity contribution is 9.09. The fourth-order valence-corrected chi connectivity index (χ4v) is 2.55. The van der Waals surface area contributed by atoms with Crippen LogP contribution in [0.2, 0.25) is 0 Å². The first kappa shape index (κ1) is 12.8. The highest BCUT2D eigenvalue weighted by atomic mass is 79.9. The van der Waals surface area contributed by atoms with E-state index in [1.165, 1.54) is 50.0 Å². The van der Waals surface area contributed by atoms with E-state index in [4.69, 9.17) is 0 Å². The van der Waals surface area contributed by atoms with Crippen LogP contribution in [0.4, 0.5) is 0 Å². The van der Waals surface area contributed by atoms with Gasteiger partial charge >= 0.3 is 0 Å². The average molecular weight is 253 g/mol. The van der Waals surface area contributed by atoms with Crippen molar-refractivity contribution in [3.05, 3.63) is 0 Å². The van der Waals surface area contributed by atoms with Crippen LogP contribution in [0.15, 0.2) is 0 Å². The second kappa shape index (κ2) is 11.8. The minimum Gasteiger partial charge on any atom is -0.161 e. The molecule has 0 saturated heterocycles. The number of alkyl halides is 1. The maximum Gasteiger partial charge on any atom is 0.0122 e. The van der Waals surface area contributed by atoms with Crippen molar-refractivity contribution in [2.45, 2.75) is 45.4 Å². The summed E-state index contributed by atoms with van der Waals surface area (Å²) in [5, 5.41) is 1.15. The van der Waals surface area contributed by atoms with E-state index in [1.807, 2.05) is 0 Å². The van der Waals surface area contributed by atoms with Crippen LogP contribution in [0.3, 0.4) is 0 Å². The van der Waals surface area contributed by atoms with E-state index in [0.29, 0.717) is 0 Å². The molecular weight excluding hydrogens is 232 g/mol. The Labute approximate surface area is 90.0 Å². The lowest BCUT2D eigenvalue weighted by Crippen LogP contribution is -1.85. The van der Waals surface area contributed by atoms with Crippen molar-refractivity contribution in [2.75, 3.05) is 16.8 Å². The van der Waals surface area contributed by atoms with Gasteiger partial charge in [0.2, 0.25) is 0 Å². The van der Waals surface area contributed by atoms with Gasteiger partial charge in [-0.3, -0.25) is 0 Å². The lowest BCUT2D eigenvalue weighted by atomic mass is 10.1. The average Bonchev–Trinajstić information content (AvgIpc) is 2.10. The summed E-state index contributed by atoms with van der Waals surface area (Å²) in [6.07, 6.45) is 8.53. The van der Waals surface area contributed by atoms with Gasteiger partial charge in [-0.2, -0.15) is 11.8 Å². The number of hydrogen-bond donors (Lipinski definition) is 0. The molecular formula is C10H21BrS. The minimum absolute atomic E-state index is 1.15. The summed E-state index contributed by atoms with van der Waals surface area (Å²) >= 11 is 5.50. The summed E-state index contributed by atoms with van der Waals surface area (Å²) in [5.41, 5.74) is 0. The Bertz CT molecular complexity index is 66.2. The predicted octanol–water partition coefficient (Wildman–Crippen LogP) is 4.48. The molecule has 2 heteroatoms. The molecule has 0 N–H and O–H groups in total. The summed E-state index contributed by atoms with van der Waals surface area (Å²) in [6, 6.07) is 0. The number of rotatable bonds is 9. The van der Waals surface area contributed by atoms with E-state index in [1.54, 1.807) is 0 Å². The summed E-state index contributed by atoms with van der Waals surface area (Å²) < 4.78 is 0. The van der Waals surface area contributed by atoms with Crippen molar-refractivity contribution in [1.82, 2.24) is 0 Å². The maximum absolute atomic E-state index is 3.43. The largest absolute Gasteiger partial charge is 0.161 e. The summed E-state index contributed by atoms with van der Waals surface area (Å²) in [5.74, 6) is 2.63. The molecule has 0 saturated carbocycles. The lowest BCUT2D eigenvalue weighted by molar-refractivity contribution is 0.627. The number of thioether (sulfide) groups is 1. The van der Waals surface area contributed by atoms with Crippen LogP contribution in [-0.4, -0.2) is 16.8 Å². The van der Waals surface area contributed by atoms with Crippen molar-refractivity contribution in [3.8, 4) is 0 Å². The van der Waals surface area contributed by atoms with Crippen molar-refractivity contribution in [3.63, 3.8) is 0 Å². The standard InChI is InChI=1S/C10H21BrS/c1-2-3-4-5-6-7-9-12-10-8-11/h2-10H2,1H3. The monoisotopic (exact) mass is 252 g/mol. The SMILES string of the molecule is CCCCCCCCSCCBr. The summed E-state index contributed by atoms with van der Waals surface area (Å²) in [7, 11) is 0. The molecule has 0 aromatic heterocycles. The molecule has 0 bridgehead atoms. The molecule has 0 unspecified atom stereocenters. The smallest absolute Gasteiger partial charge is 0.0122 e. The number of unbranched alkanes of at least 4 members (excludes halogenated alkanes) is 5. The molecule has 0 rings (SSSR count). The van der Waals surface area contributed by atoms with Crippen LogP contribution in [0.5, 0.6) is 0 Å². The van der Waals surface area contributed by atoms with E-state index >= 15 is 0 Å². The van der Waals surface area contributed by atoms with E-state index in [9.17, 15) is 0 Å². The predicted molar refractivity (Wildman–Crippen MR) is 64.5 cm³/mol. The molecule has 12 heavy (non-hydrogen) atoms. The molecule has 0 aliphatic carbocycles. The molecule has 0 radical (unpaired) electrons. The Morgan fingerprint density at radius 2 is 1.58 bits per heavy atom. The van der Waals surface area contributed by atoms with Gasteiger partial charge in [0.25, 0.3) is 0 Å². The molecule has 0 heterocycles. The van der Waals surface area contributed by atoms with Crippen LogP contribution in [0, 0.1) is 0 Å². The topological polar surface area (TPSA) is 0 Å². The fraction of sp³-hybridized carbons (Fsp3) is 1.00. The zero-order chi connectivity index (χ0) is 9.07. The lowest BCUT2D eigenvalue weighted by Gasteiger charge is -1.99. The van der Waals surface area contributed by atoms with Gasteiger partial charge in [0.05, 0.1) is 0 Å². The van der Waals surface area contributed by atoms with Crippen molar-refractivity contribution in [2.24, 2.45) is 0 Å². The van der Waals surface area contributed by atoms with E-state index in [2.05, 4.69) is 34.6 Å². The van der Waals surface area contributed by atoms with Crippen molar-refractivity contribution in [1.29, 1.82) is 0 Å². The van der Waals surface area contributed by atoms with Crippen molar-refractivity contribution < 1.29 is 0 Å². The van der Waals surface area contributed by atoms with Crippen LogP contribution in [0.25, 0.3) is 0 Å². The second-order valence-corrected chi connectivity index (χ2v) is 5.09. The molecule has 0 nitrogen and oxygen atoms in total. The Hall–Kier alpha value is 0.830. The van der Waals surface area contributed by atoms with E-state index in [-0.39, 0.29) is 0 Å². The molecule has 0 aromatic carbocycles. The molecule has 0 aromatic rings.